The summed E-state index contributed by atoms with van der Waals surface area (Å²) in [7, 11) is 0. The molecule has 1 N–H and O–H groups in total. The smallest absolute Gasteiger partial charge is 0.258 e. The lowest BCUT2D eigenvalue weighted by Gasteiger charge is -2.16. The Balaban J connectivity index is 1.32. The molecule has 2 aliphatic rings. The average Bonchev–Trinajstić information content (AvgIpc) is 3.22. The van der Waals surface area contributed by atoms with E-state index in [2.05, 4.69) is 22.2 Å². The summed E-state index contributed by atoms with van der Waals surface area (Å²) >= 11 is 0. The normalized spacial score (nSPS) is 16.2. The van der Waals surface area contributed by atoms with Gasteiger partial charge in [-0.2, -0.15) is 0 Å². The molecule has 1 saturated carbocycles. The number of fused-ring (bicyclic) bond motifs is 2. The quantitative estimate of drug-likeness (QED) is 0.485. The first kappa shape index (κ1) is 19.8. The maximum Gasteiger partial charge on any atom is 0.258 e. The van der Waals surface area contributed by atoms with E-state index >= 15 is 0 Å². The fourth-order valence-electron chi connectivity index (χ4n) is 4.33. The summed E-state index contributed by atoms with van der Waals surface area (Å²) in [6.07, 6.45) is 3.57. The van der Waals surface area contributed by atoms with Crippen molar-refractivity contribution in [2.75, 3.05) is 5.32 Å². The standard InChI is InChI=1S/C25H22FN5O2/c1-14-20(21-22(30-25(2)9-10-25)27-13-28-23(21)33-14)24(32)31-11-16-5-8-18(29-19(16)12-31)15-3-6-17(26)7-4-15/h3-8,13H,9-12H2,1-2H3,(H,27,28,30). The van der Waals surface area contributed by atoms with Gasteiger partial charge >= 0.3 is 0 Å². The van der Waals surface area contributed by atoms with Gasteiger partial charge in [0.25, 0.3) is 5.91 Å². The van der Waals surface area contributed by atoms with Crippen molar-refractivity contribution in [1.29, 1.82) is 0 Å². The average molecular weight is 443 g/mol. The largest absolute Gasteiger partial charge is 0.442 e. The Bertz CT molecular complexity index is 1410. The Morgan fingerprint density at radius 1 is 1.12 bits per heavy atom. The fraction of sp³-hybridized carbons (Fsp3) is 0.280. The number of hydrogen-bond donors (Lipinski definition) is 1. The van der Waals surface area contributed by atoms with E-state index in [1.165, 1.54) is 18.5 Å². The van der Waals surface area contributed by atoms with Crippen LogP contribution in [0, 0.1) is 12.7 Å². The Kier molecular flexibility index (Phi) is 4.27. The molecule has 8 heteroatoms. The number of pyridine rings is 1. The van der Waals surface area contributed by atoms with Crippen molar-refractivity contribution in [3.63, 3.8) is 0 Å². The molecule has 0 radical (unpaired) electrons. The van der Waals surface area contributed by atoms with Crippen LogP contribution in [0.15, 0.2) is 47.1 Å². The molecule has 6 rings (SSSR count). The van der Waals surface area contributed by atoms with Crippen LogP contribution in [0.1, 0.15) is 47.1 Å². The van der Waals surface area contributed by atoms with Gasteiger partial charge < -0.3 is 14.6 Å². The van der Waals surface area contributed by atoms with Gasteiger partial charge in [0.2, 0.25) is 5.71 Å². The van der Waals surface area contributed by atoms with Crippen LogP contribution in [0.5, 0.6) is 0 Å². The topological polar surface area (TPSA) is 84.2 Å². The third-order valence-electron chi connectivity index (χ3n) is 6.50. The van der Waals surface area contributed by atoms with Crippen LogP contribution in [0.3, 0.4) is 0 Å². The second-order valence-electron chi connectivity index (χ2n) is 9.09. The lowest BCUT2D eigenvalue weighted by atomic mass is 10.1. The number of hydrogen-bond acceptors (Lipinski definition) is 6. The molecule has 1 fully saturated rings. The Morgan fingerprint density at radius 3 is 2.67 bits per heavy atom. The summed E-state index contributed by atoms with van der Waals surface area (Å²) in [6.45, 7) is 4.77. The zero-order valence-electron chi connectivity index (χ0n) is 18.4. The number of aromatic nitrogens is 3. The van der Waals surface area contributed by atoms with E-state index in [0.717, 1.165) is 35.4 Å². The summed E-state index contributed by atoms with van der Waals surface area (Å²) in [5, 5.41) is 4.09. The highest BCUT2D eigenvalue weighted by Crippen LogP contribution is 2.40. The van der Waals surface area contributed by atoms with Crippen molar-refractivity contribution in [1.82, 2.24) is 19.9 Å². The molecule has 0 spiro atoms. The van der Waals surface area contributed by atoms with E-state index in [1.54, 1.807) is 24.0 Å². The first-order valence-corrected chi connectivity index (χ1v) is 11.0. The number of rotatable bonds is 4. The van der Waals surface area contributed by atoms with Crippen LogP contribution >= 0.6 is 0 Å². The van der Waals surface area contributed by atoms with Gasteiger partial charge in [-0.05, 0) is 62.6 Å². The zero-order chi connectivity index (χ0) is 22.7. The molecule has 33 heavy (non-hydrogen) atoms. The van der Waals surface area contributed by atoms with Gasteiger partial charge in [0.15, 0.2) is 0 Å². The number of anilines is 1. The molecule has 4 heterocycles. The number of amides is 1. The summed E-state index contributed by atoms with van der Waals surface area (Å²) in [6, 6.07) is 10.1. The number of nitrogens with one attached hydrogen (secondary N) is 1. The van der Waals surface area contributed by atoms with Crippen molar-refractivity contribution < 1.29 is 13.6 Å². The van der Waals surface area contributed by atoms with Crippen molar-refractivity contribution in [3.05, 3.63) is 71.1 Å². The number of benzene rings is 1. The highest BCUT2D eigenvalue weighted by Gasteiger charge is 2.39. The van der Waals surface area contributed by atoms with Gasteiger partial charge in [-0.3, -0.25) is 9.78 Å². The van der Waals surface area contributed by atoms with E-state index in [-0.39, 0.29) is 17.3 Å². The number of halogens is 1. The lowest BCUT2D eigenvalue weighted by Crippen LogP contribution is -2.26. The van der Waals surface area contributed by atoms with E-state index in [1.807, 2.05) is 12.1 Å². The summed E-state index contributed by atoms with van der Waals surface area (Å²) in [5.74, 6) is 0.739. The van der Waals surface area contributed by atoms with Gasteiger partial charge in [-0.15, -0.1) is 0 Å². The fourth-order valence-corrected chi connectivity index (χ4v) is 4.33. The molecular formula is C25H22FN5O2. The lowest BCUT2D eigenvalue weighted by molar-refractivity contribution is 0.0750. The molecule has 0 atom stereocenters. The molecule has 1 aromatic carbocycles. The first-order valence-electron chi connectivity index (χ1n) is 11.0. The van der Waals surface area contributed by atoms with Gasteiger partial charge in [-0.25, -0.2) is 14.4 Å². The minimum Gasteiger partial charge on any atom is -0.442 e. The van der Waals surface area contributed by atoms with Crippen molar-refractivity contribution in [3.8, 4) is 11.3 Å². The van der Waals surface area contributed by atoms with E-state index in [4.69, 9.17) is 9.40 Å². The molecule has 166 valence electrons. The minimum atomic E-state index is -0.284. The van der Waals surface area contributed by atoms with Gasteiger partial charge in [-0.1, -0.05) is 6.07 Å². The van der Waals surface area contributed by atoms with Gasteiger partial charge in [0.05, 0.1) is 28.9 Å². The molecular weight excluding hydrogens is 421 g/mol. The van der Waals surface area contributed by atoms with Crippen LogP contribution in [0.25, 0.3) is 22.4 Å². The van der Waals surface area contributed by atoms with Crippen LogP contribution in [-0.2, 0) is 13.1 Å². The van der Waals surface area contributed by atoms with Gasteiger partial charge in [0, 0.05) is 17.6 Å². The van der Waals surface area contributed by atoms with Crippen LogP contribution in [-0.4, -0.2) is 31.3 Å². The molecule has 1 aliphatic heterocycles. The molecule has 0 bridgehead atoms. The minimum absolute atomic E-state index is 0.00265. The molecule has 3 aromatic heterocycles. The summed E-state index contributed by atoms with van der Waals surface area (Å²) < 4.78 is 19.1. The monoisotopic (exact) mass is 443 g/mol. The Morgan fingerprint density at radius 2 is 1.91 bits per heavy atom. The molecule has 1 aliphatic carbocycles. The van der Waals surface area contributed by atoms with E-state index in [9.17, 15) is 9.18 Å². The number of carbonyl (C=O) groups excluding carboxylic acids is 1. The van der Waals surface area contributed by atoms with Crippen molar-refractivity contribution >= 4 is 22.8 Å². The predicted molar refractivity (Wildman–Crippen MR) is 121 cm³/mol. The third kappa shape index (κ3) is 3.42. The van der Waals surface area contributed by atoms with E-state index in [0.29, 0.717) is 41.3 Å². The number of nitrogens with zero attached hydrogens (tertiary/aromatic N) is 4. The second kappa shape index (κ2) is 7.10. The molecule has 0 saturated heterocycles. The maximum atomic E-state index is 13.7. The number of aryl methyl sites for hydroxylation is 1. The SMILES string of the molecule is Cc1oc2ncnc(NC3(C)CC3)c2c1C(=O)N1Cc2ccc(-c3ccc(F)cc3)nc2C1. The maximum absolute atomic E-state index is 13.7. The Hall–Kier alpha value is -3.81. The number of furan rings is 1. The molecule has 4 aromatic rings. The van der Waals surface area contributed by atoms with E-state index < -0.39 is 0 Å². The van der Waals surface area contributed by atoms with Crippen LogP contribution in [0.2, 0.25) is 0 Å². The van der Waals surface area contributed by atoms with Gasteiger partial charge in [0.1, 0.15) is 23.7 Å². The molecule has 0 unspecified atom stereocenters. The molecule has 7 nitrogen and oxygen atoms in total. The van der Waals surface area contributed by atoms with Crippen molar-refractivity contribution in [2.24, 2.45) is 0 Å². The van der Waals surface area contributed by atoms with Crippen LogP contribution in [0.4, 0.5) is 10.2 Å². The summed E-state index contributed by atoms with van der Waals surface area (Å²) in [4.78, 5) is 28.8. The first-order chi connectivity index (χ1) is 15.9. The molecule has 1 amide bonds. The highest BCUT2D eigenvalue weighted by molar-refractivity contribution is 6.10. The number of carbonyl (C=O) groups is 1. The summed E-state index contributed by atoms with van der Waals surface area (Å²) in [5.41, 5.74) is 4.33. The third-order valence-corrected chi connectivity index (χ3v) is 6.50. The second-order valence-corrected chi connectivity index (χ2v) is 9.09. The highest BCUT2D eigenvalue weighted by atomic mass is 19.1. The zero-order valence-corrected chi connectivity index (χ0v) is 18.4. The van der Waals surface area contributed by atoms with Crippen molar-refractivity contribution in [2.45, 2.75) is 45.3 Å². The van der Waals surface area contributed by atoms with Crippen LogP contribution < -0.4 is 5.32 Å². The Labute approximate surface area is 189 Å². The predicted octanol–water partition coefficient (Wildman–Crippen LogP) is 4.85.